The summed E-state index contributed by atoms with van der Waals surface area (Å²) in [4.78, 5) is 17.5. The molecule has 0 bridgehead atoms. The van der Waals surface area contributed by atoms with E-state index in [0.717, 1.165) is 22.4 Å². The predicted octanol–water partition coefficient (Wildman–Crippen LogP) is 3.11. The molecule has 0 aliphatic carbocycles. The Morgan fingerprint density at radius 3 is 2.71 bits per heavy atom. The average molecular weight is 323 g/mol. The first-order chi connectivity index (χ1) is 11.5. The molecule has 5 heteroatoms. The predicted molar refractivity (Wildman–Crippen MR) is 94.3 cm³/mol. The number of carbonyl (C=O) groups is 1. The minimum Gasteiger partial charge on any atom is -0.441 e. The highest BCUT2D eigenvalue weighted by atomic mass is 16.4. The Morgan fingerprint density at radius 2 is 1.96 bits per heavy atom. The zero-order chi connectivity index (χ0) is 17.1. The first-order valence-corrected chi connectivity index (χ1v) is 7.95. The Balaban J connectivity index is 1.80. The Bertz CT molecular complexity index is 870. The van der Waals surface area contributed by atoms with Crippen molar-refractivity contribution in [1.82, 2.24) is 9.88 Å². The van der Waals surface area contributed by atoms with Crippen LogP contribution in [0.5, 0.6) is 0 Å². The SMILES string of the molecule is Cc1oc(-c2ccc3ccccc3c2)nc1CN(C)CCC(N)=O. The molecule has 5 nitrogen and oxygen atoms in total. The average Bonchev–Trinajstić information content (AvgIpc) is 2.93. The van der Waals surface area contributed by atoms with Crippen molar-refractivity contribution in [3.8, 4) is 11.5 Å². The molecule has 2 N–H and O–H groups in total. The molecule has 3 aromatic rings. The van der Waals surface area contributed by atoms with Gasteiger partial charge in [0.15, 0.2) is 0 Å². The van der Waals surface area contributed by atoms with Crippen LogP contribution in [-0.2, 0) is 11.3 Å². The maximum absolute atomic E-state index is 10.9. The highest BCUT2D eigenvalue weighted by Crippen LogP contribution is 2.26. The topological polar surface area (TPSA) is 72.4 Å². The van der Waals surface area contributed by atoms with Gasteiger partial charge in [0, 0.05) is 25.1 Å². The first kappa shape index (κ1) is 16.2. The fourth-order valence-corrected chi connectivity index (χ4v) is 2.66. The van der Waals surface area contributed by atoms with Gasteiger partial charge in [0.25, 0.3) is 0 Å². The van der Waals surface area contributed by atoms with Crippen molar-refractivity contribution in [2.24, 2.45) is 5.73 Å². The van der Waals surface area contributed by atoms with E-state index >= 15 is 0 Å². The standard InChI is InChI=1S/C19H21N3O2/c1-13-17(12-22(2)10-9-18(20)23)21-19(24-13)16-8-7-14-5-3-4-6-15(14)11-16/h3-8,11H,9-10,12H2,1-2H3,(H2,20,23). The smallest absolute Gasteiger partial charge is 0.226 e. The maximum atomic E-state index is 10.9. The van der Waals surface area contributed by atoms with Crippen molar-refractivity contribution < 1.29 is 9.21 Å². The van der Waals surface area contributed by atoms with E-state index < -0.39 is 0 Å². The molecule has 2 aromatic carbocycles. The number of hydrogen-bond acceptors (Lipinski definition) is 4. The third kappa shape index (κ3) is 3.63. The van der Waals surface area contributed by atoms with Crippen molar-refractivity contribution in [2.45, 2.75) is 19.9 Å². The van der Waals surface area contributed by atoms with E-state index in [1.165, 1.54) is 5.39 Å². The maximum Gasteiger partial charge on any atom is 0.226 e. The molecule has 0 saturated heterocycles. The molecule has 3 rings (SSSR count). The molecule has 0 unspecified atom stereocenters. The number of oxazole rings is 1. The summed E-state index contributed by atoms with van der Waals surface area (Å²) in [5.74, 6) is 1.12. The van der Waals surface area contributed by atoms with E-state index in [1.807, 2.05) is 37.1 Å². The van der Waals surface area contributed by atoms with Crippen molar-refractivity contribution in [3.63, 3.8) is 0 Å². The number of hydrogen-bond donors (Lipinski definition) is 1. The van der Waals surface area contributed by atoms with Crippen LogP contribution in [-0.4, -0.2) is 29.4 Å². The Kier molecular flexibility index (Phi) is 4.62. The fourth-order valence-electron chi connectivity index (χ4n) is 2.66. The molecular formula is C19H21N3O2. The summed E-state index contributed by atoms with van der Waals surface area (Å²) in [6.45, 7) is 3.14. The highest BCUT2D eigenvalue weighted by molar-refractivity contribution is 5.86. The zero-order valence-electron chi connectivity index (χ0n) is 14.0. The fraction of sp³-hybridized carbons (Fsp3) is 0.263. The van der Waals surface area contributed by atoms with Crippen molar-refractivity contribution in [1.29, 1.82) is 0 Å². The molecule has 0 saturated carbocycles. The van der Waals surface area contributed by atoms with Gasteiger partial charge in [-0.15, -0.1) is 0 Å². The molecule has 1 amide bonds. The van der Waals surface area contributed by atoms with E-state index in [4.69, 9.17) is 10.2 Å². The van der Waals surface area contributed by atoms with Crippen LogP contribution in [0.3, 0.4) is 0 Å². The second kappa shape index (κ2) is 6.84. The molecule has 0 radical (unpaired) electrons. The largest absolute Gasteiger partial charge is 0.441 e. The van der Waals surface area contributed by atoms with Crippen LogP contribution >= 0.6 is 0 Å². The number of fused-ring (bicyclic) bond motifs is 1. The number of amides is 1. The monoisotopic (exact) mass is 323 g/mol. The van der Waals surface area contributed by atoms with E-state index in [9.17, 15) is 4.79 Å². The number of rotatable bonds is 6. The van der Waals surface area contributed by atoms with Gasteiger partial charge < -0.3 is 10.2 Å². The molecule has 1 heterocycles. The second-order valence-electron chi connectivity index (χ2n) is 6.04. The first-order valence-electron chi connectivity index (χ1n) is 7.95. The lowest BCUT2D eigenvalue weighted by atomic mass is 10.1. The molecule has 0 aliphatic heterocycles. The second-order valence-corrected chi connectivity index (χ2v) is 6.04. The van der Waals surface area contributed by atoms with E-state index in [0.29, 0.717) is 25.4 Å². The number of aryl methyl sites for hydroxylation is 1. The number of aromatic nitrogens is 1. The summed E-state index contributed by atoms with van der Waals surface area (Å²) >= 11 is 0. The Labute approximate surface area is 141 Å². The number of benzene rings is 2. The van der Waals surface area contributed by atoms with E-state index in [2.05, 4.69) is 29.2 Å². The number of primary amides is 1. The third-order valence-electron chi connectivity index (χ3n) is 4.05. The van der Waals surface area contributed by atoms with Gasteiger partial charge in [0.2, 0.25) is 11.8 Å². The molecule has 0 spiro atoms. The quantitative estimate of drug-likeness (QED) is 0.756. The summed E-state index contributed by atoms with van der Waals surface area (Å²) in [7, 11) is 1.94. The summed E-state index contributed by atoms with van der Waals surface area (Å²) in [5, 5.41) is 2.35. The van der Waals surface area contributed by atoms with Gasteiger partial charge in [-0.25, -0.2) is 4.98 Å². The van der Waals surface area contributed by atoms with Crippen LogP contribution in [0.4, 0.5) is 0 Å². The number of nitrogens with zero attached hydrogens (tertiary/aromatic N) is 2. The van der Waals surface area contributed by atoms with Crippen LogP contribution in [0.1, 0.15) is 17.9 Å². The minimum absolute atomic E-state index is 0.296. The summed E-state index contributed by atoms with van der Waals surface area (Å²) < 4.78 is 5.85. The molecule has 1 aromatic heterocycles. The third-order valence-corrected chi connectivity index (χ3v) is 4.05. The van der Waals surface area contributed by atoms with Gasteiger partial charge in [0.1, 0.15) is 5.76 Å². The van der Waals surface area contributed by atoms with Crippen LogP contribution in [0.2, 0.25) is 0 Å². The summed E-state index contributed by atoms with van der Waals surface area (Å²) in [5.41, 5.74) is 7.03. The lowest BCUT2D eigenvalue weighted by molar-refractivity contribution is -0.118. The minimum atomic E-state index is -0.296. The molecule has 0 aliphatic rings. The molecule has 124 valence electrons. The Hall–Kier alpha value is -2.66. The van der Waals surface area contributed by atoms with Crippen LogP contribution in [0.25, 0.3) is 22.2 Å². The van der Waals surface area contributed by atoms with Gasteiger partial charge >= 0.3 is 0 Å². The highest BCUT2D eigenvalue weighted by Gasteiger charge is 2.14. The van der Waals surface area contributed by atoms with Crippen LogP contribution in [0.15, 0.2) is 46.9 Å². The normalized spacial score (nSPS) is 11.3. The van der Waals surface area contributed by atoms with E-state index in [-0.39, 0.29) is 5.91 Å². The zero-order valence-corrected chi connectivity index (χ0v) is 14.0. The molecule has 0 fully saturated rings. The van der Waals surface area contributed by atoms with E-state index in [1.54, 1.807) is 0 Å². The summed E-state index contributed by atoms with van der Waals surface area (Å²) in [6.07, 6.45) is 0.338. The van der Waals surface area contributed by atoms with Crippen LogP contribution < -0.4 is 5.73 Å². The molecular weight excluding hydrogens is 302 g/mol. The van der Waals surface area contributed by atoms with Gasteiger partial charge in [0.05, 0.1) is 5.69 Å². The van der Waals surface area contributed by atoms with Crippen molar-refractivity contribution in [2.75, 3.05) is 13.6 Å². The van der Waals surface area contributed by atoms with Crippen LogP contribution in [0, 0.1) is 6.92 Å². The number of nitrogens with two attached hydrogens (primary N) is 1. The summed E-state index contributed by atoms with van der Waals surface area (Å²) in [6, 6.07) is 14.4. The van der Waals surface area contributed by atoms with Gasteiger partial charge in [-0.05, 0) is 36.9 Å². The van der Waals surface area contributed by atoms with Crippen molar-refractivity contribution in [3.05, 3.63) is 53.9 Å². The molecule has 24 heavy (non-hydrogen) atoms. The van der Waals surface area contributed by atoms with Gasteiger partial charge in [-0.3, -0.25) is 9.69 Å². The molecule has 0 atom stereocenters. The Morgan fingerprint density at radius 1 is 1.21 bits per heavy atom. The number of carbonyl (C=O) groups excluding carboxylic acids is 1. The van der Waals surface area contributed by atoms with Gasteiger partial charge in [-0.1, -0.05) is 30.3 Å². The van der Waals surface area contributed by atoms with Gasteiger partial charge in [-0.2, -0.15) is 0 Å². The lowest BCUT2D eigenvalue weighted by Crippen LogP contribution is -2.24. The van der Waals surface area contributed by atoms with Crippen molar-refractivity contribution >= 4 is 16.7 Å². The lowest BCUT2D eigenvalue weighted by Gasteiger charge is -2.13.